The zero-order valence-corrected chi connectivity index (χ0v) is 20.2. The maximum Gasteiger partial charge on any atom is 0.340 e. The molecule has 2 aromatic rings. The van der Waals surface area contributed by atoms with Crippen molar-refractivity contribution in [3.63, 3.8) is 0 Å². The number of rotatable bonds is 13. The minimum atomic E-state index is -0.754. The Morgan fingerprint density at radius 1 is 1.09 bits per heavy atom. The van der Waals surface area contributed by atoms with Crippen molar-refractivity contribution in [3.05, 3.63) is 50.7 Å². The first-order valence-corrected chi connectivity index (χ1v) is 11.8. The largest absolute Gasteiger partial charge is 0.452 e. The minimum absolute atomic E-state index is 0.0863. The normalized spacial score (nSPS) is 10.7. The predicted molar refractivity (Wildman–Crippen MR) is 133 cm³/mol. The lowest BCUT2D eigenvalue weighted by Crippen LogP contribution is -2.43. The molecule has 0 saturated carbocycles. The summed E-state index contributed by atoms with van der Waals surface area (Å²) in [5, 5.41) is 3.21. The van der Waals surface area contributed by atoms with Crippen LogP contribution in [0.25, 0.3) is 0 Å². The van der Waals surface area contributed by atoms with E-state index in [0.29, 0.717) is 37.2 Å². The van der Waals surface area contributed by atoms with Crippen LogP contribution in [0, 0.1) is 0 Å². The number of amides is 1. The Labute approximate surface area is 199 Å². The van der Waals surface area contributed by atoms with Crippen molar-refractivity contribution in [1.29, 1.82) is 0 Å². The molecule has 0 atom stereocenters. The van der Waals surface area contributed by atoms with Gasteiger partial charge in [0.05, 0.1) is 5.56 Å². The number of aromatic nitrogens is 2. The number of para-hydroxylation sites is 1. The van der Waals surface area contributed by atoms with Gasteiger partial charge >= 0.3 is 11.7 Å². The molecule has 0 aliphatic carbocycles. The fourth-order valence-electron chi connectivity index (χ4n) is 3.46. The fourth-order valence-corrected chi connectivity index (χ4v) is 3.46. The summed E-state index contributed by atoms with van der Waals surface area (Å²) in [5.74, 6) is -1.34. The average molecular weight is 474 g/mol. The molecule has 0 bridgehead atoms. The molecule has 0 fully saturated rings. The van der Waals surface area contributed by atoms with E-state index in [-0.39, 0.29) is 18.1 Å². The molecular formula is C24H35N5O5. The first kappa shape index (κ1) is 26.7. The summed E-state index contributed by atoms with van der Waals surface area (Å²) in [5.41, 5.74) is 5.60. The van der Waals surface area contributed by atoms with Gasteiger partial charge in [0, 0.05) is 25.3 Å². The molecule has 0 spiro atoms. The highest BCUT2D eigenvalue weighted by Crippen LogP contribution is 2.19. The number of unbranched alkanes of at least 4 members (excludes halogenated alkanes) is 2. The van der Waals surface area contributed by atoms with Crippen molar-refractivity contribution >= 4 is 29.1 Å². The van der Waals surface area contributed by atoms with E-state index in [1.54, 1.807) is 18.2 Å². The molecule has 0 radical (unpaired) electrons. The molecule has 2 rings (SSSR count). The van der Waals surface area contributed by atoms with Crippen LogP contribution in [-0.4, -0.2) is 41.1 Å². The third-order valence-corrected chi connectivity index (χ3v) is 5.29. The molecule has 0 saturated heterocycles. The Bertz CT molecular complexity index is 1090. The molecule has 4 N–H and O–H groups in total. The Kier molecular flexibility index (Phi) is 10.4. The molecule has 1 aromatic heterocycles. The third-order valence-electron chi connectivity index (χ3n) is 5.29. The molecule has 186 valence electrons. The molecule has 10 nitrogen and oxygen atoms in total. The van der Waals surface area contributed by atoms with E-state index in [0.717, 1.165) is 19.3 Å². The van der Waals surface area contributed by atoms with Crippen molar-refractivity contribution in [1.82, 2.24) is 9.55 Å². The second-order valence-corrected chi connectivity index (χ2v) is 7.95. The van der Waals surface area contributed by atoms with Crippen LogP contribution in [-0.2, 0) is 16.1 Å². The number of anilines is 3. The number of hydrogen-bond donors (Lipinski definition) is 3. The smallest absolute Gasteiger partial charge is 0.340 e. The number of nitrogens with one attached hydrogen (secondary N) is 2. The Hall–Kier alpha value is -3.56. The van der Waals surface area contributed by atoms with Gasteiger partial charge in [-0.05, 0) is 31.4 Å². The number of carbonyl (C=O) groups is 2. The Morgan fingerprint density at radius 2 is 1.79 bits per heavy atom. The van der Waals surface area contributed by atoms with Gasteiger partial charge in [-0.1, -0.05) is 45.7 Å². The average Bonchev–Trinajstić information content (AvgIpc) is 2.82. The number of benzene rings is 1. The topological polar surface area (TPSA) is 140 Å². The molecule has 0 aliphatic heterocycles. The standard InChI is InChI=1S/C24H35N5O5/c1-4-7-13-26-18-12-10-9-11-17(18)23(32)34-16-19(30)28(15-8-5-2)20-21(25)29(14-6-3)24(33)27-22(20)31/h9-12,26H,4-8,13-16,25H2,1-3H3,(H,27,31,33). The second kappa shape index (κ2) is 13.2. The van der Waals surface area contributed by atoms with E-state index < -0.39 is 29.7 Å². The highest BCUT2D eigenvalue weighted by Gasteiger charge is 2.25. The monoisotopic (exact) mass is 473 g/mol. The predicted octanol–water partition coefficient (Wildman–Crippen LogP) is 2.73. The second-order valence-electron chi connectivity index (χ2n) is 7.95. The summed E-state index contributed by atoms with van der Waals surface area (Å²) in [6, 6.07) is 6.93. The van der Waals surface area contributed by atoms with E-state index in [4.69, 9.17) is 10.5 Å². The first-order chi connectivity index (χ1) is 16.3. The van der Waals surface area contributed by atoms with Gasteiger partial charge in [-0.2, -0.15) is 0 Å². The van der Waals surface area contributed by atoms with Gasteiger partial charge in [-0.3, -0.25) is 19.1 Å². The SMILES string of the molecule is CCCCNc1ccccc1C(=O)OCC(=O)N(CCCC)c1c(N)n(CCC)c(=O)[nH]c1=O. The van der Waals surface area contributed by atoms with Crippen LogP contribution in [0.2, 0.25) is 0 Å². The summed E-state index contributed by atoms with van der Waals surface area (Å²) in [6.07, 6.45) is 3.92. The molecule has 0 aliphatic rings. The lowest BCUT2D eigenvalue weighted by atomic mass is 10.1. The number of aromatic amines is 1. The van der Waals surface area contributed by atoms with Gasteiger partial charge in [0.1, 0.15) is 5.82 Å². The molecule has 1 heterocycles. The number of hydrogen-bond acceptors (Lipinski definition) is 7. The van der Waals surface area contributed by atoms with Crippen LogP contribution in [0.4, 0.5) is 17.2 Å². The number of ether oxygens (including phenoxy) is 1. The summed E-state index contributed by atoms with van der Waals surface area (Å²) in [6.45, 7) is 6.50. The summed E-state index contributed by atoms with van der Waals surface area (Å²) < 4.78 is 6.54. The van der Waals surface area contributed by atoms with Crippen LogP contribution < -0.4 is 27.2 Å². The quantitative estimate of drug-likeness (QED) is 0.300. The fraction of sp³-hybridized carbons (Fsp3) is 0.500. The number of nitrogen functional groups attached to an aromatic ring is 1. The number of carbonyl (C=O) groups excluding carboxylic acids is 2. The van der Waals surface area contributed by atoms with Crippen molar-refractivity contribution < 1.29 is 14.3 Å². The Balaban J connectivity index is 2.25. The van der Waals surface area contributed by atoms with E-state index in [1.807, 2.05) is 19.9 Å². The van der Waals surface area contributed by atoms with Gasteiger partial charge in [0.25, 0.3) is 11.5 Å². The van der Waals surface area contributed by atoms with Crippen molar-refractivity contribution in [3.8, 4) is 0 Å². The van der Waals surface area contributed by atoms with Gasteiger partial charge < -0.3 is 20.7 Å². The lowest BCUT2D eigenvalue weighted by Gasteiger charge is -2.24. The van der Waals surface area contributed by atoms with Gasteiger partial charge in [-0.25, -0.2) is 9.59 Å². The van der Waals surface area contributed by atoms with Crippen LogP contribution in [0.1, 0.15) is 63.2 Å². The Morgan fingerprint density at radius 3 is 2.47 bits per heavy atom. The highest BCUT2D eigenvalue weighted by molar-refractivity contribution is 6.00. The summed E-state index contributed by atoms with van der Waals surface area (Å²) in [7, 11) is 0. The number of nitrogens with two attached hydrogens (primary N) is 1. The molecule has 34 heavy (non-hydrogen) atoms. The number of nitrogens with zero attached hydrogens (tertiary/aromatic N) is 2. The molecular weight excluding hydrogens is 438 g/mol. The van der Waals surface area contributed by atoms with Crippen LogP contribution >= 0.6 is 0 Å². The van der Waals surface area contributed by atoms with Crippen LogP contribution in [0.5, 0.6) is 0 Å². The van der Waals surface area contributed by atoms with Crippen molar-refractivity contribution in [2.45, 2.75) is 59.4 Å². The molecule has 10 heteroatoms. The van der Waals surface area contributed by atoms with E-state index in [1.165, 1.54) is 9.47 Å². The van der Waals surface area contributed by atoms with E-state index >= 15 is 0 Å². The third kappa shape index (κ3) is 6.72. The summed E-state index contributed by atoms with van der Waals surface area (Å²) >= 11 is 0. The van der Waals surface area contributed by atoms with Crippen molar-refractivity contribution in [2.24, 2.45) is 0 Å². The zero-order valence-electron chi connectivity index (χ0n) is 20.2. The maximum absolute atomic E-state index is 13.1. The number of esters is 1. The zero-order chi connectivity index (χ0) is 25.1. The minimum Gasteiger partial charge on any atom is -0.452 e. The molecule has 1 aromatic carbocycles. The molecule has 1 amide bonds. The van der Waals surface area contributed by atoms with Crippen LogP contribution in [0.15, 0.2) is 33.9 Å². The van der Waals surface area contributed by atoms with Gasteiger partial charge in [0.15, 0.2) is 12.3 Å². The summed E-state index contributed by atoms with van der Waals surface area (Å²) in [4.78, 5) is 54.0. The maximum atomic E-state index is 13.1. The first-order valence-electron chi connectivity index (χ1n) is 11.8. The lowest BCUT2D eigenvalue weighted by molar-refractivity contribution is -0.121. The van der Waals surface area contributed by atoms with Gasteiger partial charge in [0.2, 0.25) is 0 Å². The van der Waals surface area contributed by atoms with Crippen LogP contribution in [0.3, 0.4) is 0 Å². The van der Waals surface area contributed by atoms with Gasteiger partial charge in [-0.15, -0.1) is 0 Å². The van der Waals surface area contributed by atoms with Crippen molar-refractivity contribution in [2.75, 3.05) is 35.6 Å². The van der Waals surface area contributed by atoms with E-state index in [2.05, 4.69) is 17.2 Å². The highest BCUT2D eigenvalue weighted by atomic mass is 16.5. The van der Waals surface area contributed by atoms with E-state index in [9.17, 15) is 19.2 Å². The number of H-pyrrole nitrogens is 1. The molecule has 0 unspecified atom stereocenters.